The predicted octanol–water partition coefficient (Wildman–Crippen LogP) is -1.75. The third kappa shape index (κ3) is 9.06. The minimum atomic E-state index is -3.27. The molecule has 0 aromatic rings. The Hall–Kier alpha value is -4.24. The molecule has 32 heavy (non-hydrogen) atoms. The molecule has 16 nitrogen and oxygen atoms in total. The molecule has 0 aliphatic heterocycles. The van der Waals surface area contributed by atoms with Gasteiger partial charge < -0.3 is 40.1 Å². The summed E-state index contributed by atoms with van der Waals surface area (Å²) in [6.07, 6.45) is -8.99. The average Bonchev–Trinajstić information content (AvgIpc) is 2.60. The summed E-state index contributed by atoms with van der Waals surface area (Å²) in [6.45, 7) is 0. The van der Waals surface area contributed by atoms with Gasteiger partial charge in [-0.1, -0.05) is 0 Å². The lowest BCUT2D eigenvalue weighted by Crippen LogP contribution is -2.51. The number of hydrogen-bond acceptors (Lipinski definition) is 10. The van der Waals surface area contributed by atoms with E-state index in [-0.39, 0.29) is 0 Å². The van der Waals surface area contributed by atoms with E-state index >= 15 is 0 Å². The van der Waals surface area contributed by atoms with E-state index in [4.69, 9.17) is 20.4 Å². The molecule has 0 bridgehead atoms. The molecular formula is C16H18O16. The van der Waals surface area contributed by atoms with Crippen molar-refractivity contribution in [1.29, 1.82) is 0 Å². The highest BCUT2D eigenvalue weighted by Gasteiger charge is 2.50. The number of aliphatic carboxylic acids is 6. The van der Waals surface area contributed by atoms with Crippen LogP contribution in [0.25, 0.3) is 0 Å². The smallest absolute Gasteiger partial charge is 0.349 e. The Bertz CT molecular complexity index is 795. The lowest BCUT2D eigenvalue weighted by molar-refractivity contribution is -0.198. The zero-order chi connectivity index (χ0) is 25.2. The van der Waals surface area contributed by atoms with E-state index in [0.717, 1.165) is 0 Å². The third-order valence-electron chi connectivity index (χ3n) is 3.67. The highest BCUT2D eigenvalue weighted by molar-refractivity contribution is 5.93. The number of carboxylic acid groups (broad SMARTS) is 6. The molecule has 16 heteroatoms. The van der Waals surface area contributed by atoms with Gasteiger partial charge >= 0.3 is 47.8 Å². The molecule has 0 saturated heterocycles. The van der Waals surface area contributed by atoms with Crippen molar-refractivity contribution in [3.05, 3.63) is 0 Å². The largest absolute Gasteiger partial charge is 0.481 e. The average molecular weight is 466 g/mol. The number of carbonyl (C=O) groups excluding carboxylic acids is 2. The van der Waals surface area contributed by atoms with Crippen molar-refractivity contribution in [2.45, 2.75) is 43.8 Å². The Labute approximate surface area is 176 Å². The van der Waals surface area contributed by atoms with E-state index in [1.165, 1.54) is 0 Å². The molecule has 0 rings (SSSR count). The number of rotatable bonds is 15. The second-order valence-corrected chi connectivity index (χ2v) is 6.21. The summed E-state index contributed by atoms with van der Waals surface area (Å²) < 4.78 is 8.99. The molecule has 2 unspecified atom stereocenters. The number of esters is 2. The first-order chi connectivity index (χ1) is 14.6. The van der Waals surface area contributed by atoms with E-state index < -0.39 is 97.5 Å². The Morgan fingerprint density at radius 2 is 1.19 bits per heavy atom. The van der Waals surface area contributed by atoms with Crippen LogP contribution in [0.15, 0.2) is 0 Å². The van der Waals surface area contributed by atoms with Gasteiger partial charge in [-0.25, -0.2) is 9.59 Å². The Kier molecular flexibility index (Phi) is 10.3. The van der Waals surface area contributed by atoms with Crippen LogP contribution in [0.5, 0.6) is 0 Å². The van der Waals surface area contributed by atoms with Gasteiger partial charge in [0, 0.05) is 0 Å². The minimum Gasteiger partial charge on any atom is -0.481 e. The van der Waals surface area contributed by atoms with Crippen molar-refractivity contribution < 1.29 is 78.5 Å². The fourth-order valence-corrected chi connectivity index (χ4v) is 2.28. The first kappa shape index (κ1) is 27.8. The van der Waals surface area contributed by atoms with Crippen LogP contribution in [0.3, 0.4) is 0 Å². The van der Waals surface area contributed by atoms with Crippen molar-refractivity contribution in [3.63, 3.8) is 0 Å². The molecule has 0 spiro atoms. The van der Waals surface area contributed by atoms with E-state index in [1.807, 2.05) is 0 Å². The summed E-state index contributed by atoms with van der Waals surface area (Å²) in [4.78, 5) is 90.8. The molecular weight excluding hydrogens is 448 g/mol. The van der Waals surface area contributed by atoms with E-state index in [9.17, 15) is 48.6 Å². The highest BCUT2D eigenvalue weighted by Crippen LogP contribution is 2.26. The van der Waals surface area contributed by atoms with Gasteiger partial charge in [0.2, 0.25) is 11.7 Å². The van der Waals surface area contributed by atoms with E-state index in [0.29, 0.717) is 0 Å². The molecule has 0 aliphatic rings. The number of hydrogen-bond donors (Lipinski definition) is 6. The lowest BCUT2D eigenvalue weighted by Gasteiger charge is -2.29. The quantitative estimate of drug-likeness (QED) is 0.146. The molecule has 0 radical (unpaired) electrons. The summed E-state index contributed by atoms with van der Waals surface area (Å²) >= 11 is 0. The zero-order valence-electron chi connectivity index (χ0n) is 16.0. The van der Waals surface area contributed by atoms with Crippen molar-refractivity contribution in [2.75, 3.05) is 0 Å². The third-order valence-corrected chi connectivity index (χ3v) is 3.67. The predicted molar refractivity (Wildman–Crippen MR) is 91.1 cm³/mol. The first-order valence-corrected chi connectivity index (χ1v) is 8.37. The SMILES string of the molecule is O=C(O)CCC(=O)OC(C(=O)OC(CC(=O)O)(CC(=O)O)C(=O)O)C(CC(=O)O)C(=O)O. The molecule has 0 fully saturated rings. The van der Waals surface area contributed by atoms with Gasteiger partial charge in [-0.15, -0.1) is 0 Å². The maximum absolute atomic E-state index is 12.5. The summed E-state index contributed by atoms with van der Waals surface area (Å²) in [6, 6.07) is 0. The summed E-state index contributed by atoms with van der Waals surface area (Å²) in [5.74, 6) is -17.4. The van der Waals surface area contributed by atoms with Crippen LogP contribution < -0.4 is 0 Å². The van der Waals surface area contributed by atoms with Gasteiger partial charge in [0.25, 0.3) is 0 Å². The second-order valence-electron chi connectivity index (χ2n) is 6.21. The van der Waals surface area contributed by atoms with Gasteiger partial charge in [-0.05, 0) is 0 Å². The lowest BCUT2D eigenvalue weighted by atomic mass is 9.94. The molecule has 2 atom stereocenters. The van der Waals surface area contributed by atoms with Crippen molar-refractivity contribution >= 4 is 47.8 Å². The summed E-state index contributed by atoms with van der Waals surface area (Å²) in [5, 5.41) is 53.7. The van der Waals surface area contributed by atoms with Crippen LogP contribution >= 0.6 is 0 Å². The van der Waals surface area contributed by atoms with Crippen molar-refractivity contribution in [3.8, 4) is 0 Å². The van der Waals surface area contributed by atoms with E-state index in [1.54, 1.807) is 0 Å². The standard InChI is InChI=1S/C16H18O16/c17-7(18)1-2-11(25)31-12(6(13(26)27)3-8(19)20)14(28)32-16(15(29)30,4-9(21)22)5-10(23)24/h6,12H,1-5H2,(H,17,18)(H,19,20)(H,21,22)(H,23,24)(H,26,27)(H,29,30). The van der Waals surface area contributed by atoms with Crippen LogP contribution in [-0.2, 0) is 47.8 Å². The summed E-state index contributed by atoms with van der Waals surface area (Å²) in [7, 11) is 0. The molecule has 0 heterocycles. The molecule has 0 amide bonds. The fraction of sp³-hybridized carbons (Fsp3) is 0.500. The summed E-state index contributed by atoms with van der Waals surface area (Å²) in [5.41, 5.74) is -3.27. The number of ether oxygens (including phenoxy) is 2. The van der Waals surface area contributed by atoms with Crippen LogP contribution in [0.2, 0.25) is 0 Å². The monoisotopic (exact) mass is 466 g/mol. The van der Waals surface area contributed by atoms with Gasteiger partial charge in [0.15, 0.2) is 0 Å². The normalized spacial score (nSPS) is 12.6. The second kappa shape index (κ2) is 11.8. The van der Waals surface area contributed by atoms with Crippen molar-refractivity contribution in [2.24, 2.45) is 5.92 Å². The number of carbonyl (C=O) groups is 8. The van der Waals surface area contributed by atoms with Crippen LogP contribution in [-0.4, -0.2) is 90.1 Å². The van der Waals surface area contributed by atoms with Crippen LogP contribution in [0.1, 0.15) is 32.1 Å². The zero-order valence-corrected chi connectivity index (χ0v) is 16.0. The molecule has 6 N–H and O–H groups in total. The van der Waals surface area contributed by atoms with Crippen molar-refractivity contribution in [1.82, 2.24) is 0 Å². The van der Waals surface area contributed by atoms with Gasteiger partial charge in [-0.2, -0.15) is 0 Å². The Morgan fingerprint density at radius 3 is 1.53 bits per heavy atom. The van der Waals surface area contributed by atoms with Gasteiger partial charge in [-0.3, -0.25) is 28.8 Å². The maximum Gasteiger partial charge on any atom is 0.349 e. The van der Waals surface area contributed by atoms with Crippen LogP contribution in [0, 0.1) is 5.92 Å². The van der Waals surface area contributed by atoms with Gasteiger partial charge in [0.05, 0.1) is 32.1 Å². The Balaban J connectivity index is 6.20. The topological polar surface area (TPSA) is 276 Å². The maximum atomic E-state index is 12.5. The Morgan fingerprint density at radius 1 is 0.688 bits per heavy atom. The minimum absolute atomic E-state index is 0.839. The molecule has 0 saturated carbocycles. The molecule has 0 aromatic carbocycles. The van der Waals surface area contributed by atoms with E-state index in [2.05, 4.69) is 9.47 Å². The first-order valence-electron chi connectivity index (χ1n) is 8.37. The van der Waals surface area contributed by atoms with Gasteiger partial charge in [0.1, 0.15) is 5.92 Å². The highest BCUT2D eigenvalue weighted by atomic mass is 16.6. The molecule has 0 aliphatic carbocycles. The van der Waals surface area contributed by atoms with Crippen LogP contribution in [0.4, 0.5) is 0 Å². The molecule has 0 aromatic heterocycles. The fourth-order valence-electron chi connectivity index (χ4n) is 2.28. The number of carboxylic acids is 6. The molecule has 178 valence electrons.